The van der Waals surface area contributed by atoms with Crippen LogP contribution in [0.2, 0.25) is 0 Å². The molecule has 0 bridgehead atoms. The molecule has 0 radical (unpaired) electrons. The number of amides is 1. The zero-order valence-corrected chi connectivity index (χ0v) is 13.6. The maximum absolute atomic E-state index is 12.3. The summed E-state index contributed by atoms with van der Waals surface area (Å²) in [5.41, 5.74) is 0.449. The molecule has 0 aliphatic rings. The number of nitrogens with zero attached hydrogens (tertiary/aromatic N) is 3. The smallest absolute Gasteiger partial charge is 0.440 e. The molecule has 3 aromatic rings. The molecule has 0 spiro atoms. The Morgan fingerprint density at radius 3 is 2.80 bits per heavy atom. The van der Waals surface area contributed by atoms with E-state index in [1.165, 1.54) is 11.3 Å². The van der Waals surface area contributed by atoms with Gasteiger partial charge in [0.1, 0.15) is 5.76 Å². The summed E-state index contributed by atoms with van der Waals surface area (Å²) in [5, 5.41) is 7.45. The van der Waals surface area contributed by atoms with E-state index in [1.54, 1.807) is 6.92 Å². The van der Waals surface area contributed by atoms with E-state index < -0.39 is 18.0 Å². The predicted octanol–water partition coefficient (Wildman–Crippen LogP) is 2.97. The molecule has 0 saturated heterocycles. The van der Waals surface area contributed by atoms with Crippen LogP contribution in [0.4, 0.5) is 13.2 Å². The van der Waals surface area contributed by atoms with Crippen molar-refractivity contribution in [1.29, 1.82) is 0 Å². The number of nitrogens with one attached hydrogen (secondary N) is 1. The topological polar surface area (TPSA) is 94.1 Å². The molecule has 132 valence electrons. The highest BCUT2D eigenvalue weighted by atomic mass is 32.1. The van der Waals surface area contributed by atoms with Crippen molar-refractivity contribution in [2.24, 2.45) is 0 Å². The quantitative estimate of drug-likeness (QED) is 0.740. The van der Waals surface area contributed by atoms with Crippen LogP contribution >= 0.6 is 11.3 Å². The number of oxazole rings is 1. The molecule has 3 heterocycles. The summed E-state index contributed by atoms with van der Waals surface area (Å²) in [7, 11) is 0. The van der Waals surface area contributed by atoms with E-state index in [2.05, 4.69) is 25.0 Å². The van der Waals surface area contributed by atoms with Crippen LogP contribution in [-0.2, 0) is 23.9 Å². The molecule has 0 aromatic carbocycles. The van der Waals surface area contributed by atoms with Crippen LogP contribution in [0.3, 0.4) is 0 Å². The van der Waals surface area contributed by atoms with Gasteiger partial charge in [0.2, 0.25) is 11.8 Å². The van der Waals surface area contributed by atoms with Crippen molar-refractivity contribution >= 4 is 17.2 Å². The number of aryl methyl sites for hydroxylation is 1. The molecule has 0 saturated carbocycles. The van der Waals surface area contributed by atoms with E-state index in [0.29, 0.717) is 17.3 Å². The highest BCUT2D eigenvalue weighted by molar-refractivity contribution is 7.13. The fourth-order valence-corrected chi connectivity index (χ4v) is 2.58. The Bertz CT molecular complexity index is 870. The maximum Gasteiger partial charge on any atom is 0.471 e. The number of aromatic nitrogens is 3. The summed E-state index contributed by atoms with van der Waals surface area (Å²) in [5.74, 6) is -1.25. The van der Waals surface area contributed by atoms with Crippen LogP contribution in [0.5, 0.6) is 0 Å². The van der Waals surface area contributed by atoms with Crippen LogP contribution in [0, 0.1) is 6.92 Å². The molecule has 0 aliphatic heterocycles. The normalized spacial score (nSPS) is 11.7. The van der Waals surface area contributed by atoms with Gasteiger partial charge in [0.05, 0.1) is 23.5 Å². The van der Waals surface area contributed by atoms with Crippen LogP contribution in [0.15, 0.2) is 26.5 Å². The molecule has 11 heteroatoms. The predicted molar refractivity (Wildman–Crippen MR) is 79.4 cm³/mol. The zero-order valence-electron chi connectivity index (χ0n) is 12.8. The monoisotopic (exact) mass is 372 g/mol. The number of rotatable bonds is 5. The van der Waals surface area contributed by atoms with Gasteiger partial charge < -0.3 is 14.3 Å². The van der Waals surface area contributed by atoms with Gasteiger partial charge in [0.15, 0.2) is 5.82 Å². The van der Waals surface area contributed by atoms with Crippen LogP contribution in [0.1, 0.15) is 23.2 Å². The van der Waals surface area contributed by atoms with Gasteiger partial charge in [-0.2, -0.15) is 18.2 Å². The Labute approximate surface area is 142 Å². The van der Waals surface area contributed by atoms with Crippen LogP contribution in [0.25, 0.3) is 10.8 Å². The first kappa shape index (κ1) is 17.1. The van der Waals surface area contributed by atoms with E-state index in [1.807, 2.05) is 17.5 Å². The number of alkyl halides is 3. The Kier molecular flexibility index (Phi) is 4.57. The van der Waals surface area contributed by atoms with Gasteiger partial charge in [0.25, 0.3) is 0 Å². The lowest BCUT2D eigenvalue weighted by atomic mass is 10.2. The molecule has 0 aliphatic carbocycles. The third-order valence-electron chi connectivity index (χ3n) is 3.11. The lowest BCUT2D eigenvalue weighted by molar-refractivity contribution is -0.159. The molecule has 1 N–H and O–H groups in total. The third-order valence-corrected chi connectivity index (χ3v) is 3.96. The van der Waals surface area contributed by atoms with E-state index in [-0.39, 0.29) is 18.8 Å². The van der Waals surface area contributed by atoms with Gasteiger partial charge >= 0.3 is 12.1 Å². The number of carbonyl (C=O) groups excluding carboxylic acids is 1. The highest BCUT2D eigenvalue weighted by Crippen LogP contribution is 2.27. The Morgan fingerprint density at radius 1 is 1.36 bits per heavy atom. The van der Waals surface area contributed by atoms with Crippen molar-refractivity contribution in [2.45, 2.75) is 26.1 Å². The van der Waals surface area contributed by atoms with Crippen LogP contribution in [-0.4, -0.2) is 21.0 Å². The zero-order chi connectivity index (χ0) is 18.0. The second-order valence-electron chi connectivity index (χ2n) is 4.97. The van der Waals surface area contributed by atoms with Gasteiger partial charge in [-0.15, -0.1) is 11.3 Å². The van der Waals surface area contributed by atoms with E-state index in [4.69, 9.17) is 4.42 Å². The van der Waals surface area contributed by atoms with Crippen LogP contribution < -0.4 is 5.32 Å². The number of carbonyl (C=O) groups is 1. The minimum atomic E-state index is -4.72. The summed E-state index contributed by atoms with van der Waals surface area (Å²) in [6.07, 6.45) is -4.80. The molecule has 25 heavy (non-hydrogen) atoms. The van der Waals surface area contributed by atoms with E-state index in [9.17, 15) is 18.0 Å². The van der Waals surface area contributed by atoms with Crippen molar-refractivity contribution in [3.8, 4) is 10.8 Å². The van der Waals surface area contributed by atoms with Crippen molar-refractivity contribution in [2.75, 3.05) is 0 Å². The Hall–Kier alpha value is -2.69. The van der Waals surface area contributed by atoms with Gasteiger partial charge in [-0.05, 0) is 18.4 Å². The lowest BCUT2D eigenvalue weighted by Crippen LogP contribution is -2.25. The van der Waals surface area contributed by atoms with Gasteiger partial charge in [0, 0.05) is 0 Å². The molecule has 1 amide bonds. The maximum atomic E-state index is 12.3. The standard InChI is InChI=1S/C14H11F3N4O3S/c1-7-8(19-12(23-7)9-3-2-4-25-9)5-11(22)18-6-10-20-13(24-21-10)14(15,16)17/h2-4H,5-6H2,1H3,(H,18,22). The van der Waals surface area contributed by atoms with Gasteiger partial charge in [-0.1, -0.05) is 11.2 Å². The molecule has 0 unspecified atom stereocenters. The number of thiophene rings is 1. The second kappa shape index (κ2) is 6.67. The summed E-state index contributed by atoms with van der Waals surface area (Å²) >= 11 is 1.45. The van der Waals surface area contributed by atoms with Crippen molar-refractivity contribution in [3.05, 3.63) is 40.7 Å². The minimum absolute atomic E-state index is 0.0787. The molecular weight excluding hydrogens is 361 g/mol. The number of halogens is 3. The second-order valence-corrected chi connectivity index (χ2v) is 5.91. The minimum Gasteiger partial charge on any atom is -0.440 e. The van der Waals surface area contributed by atoms with E-state index >= 15 is 0 Å². The first-order valence-corrected chi connectivity index (χ1v) is 7.87. The summed E-state index contributed by atoms with van der Waals surface area (Å²) in [6.45, 7) is 1.40. The third kappa shape index (κ3) is 4.05. The average molecular weight is 372 g/mol. The summed E-state index contributed by atoms with van der Waals surface area (Å²) < 4.78 is 46.6. The molecule has 0 fully saturated rings. The average Bonchev–Trinajstić information content (AvgIpc) is 3.25. The Morgan fingerprint density at radius 2 is 2.16 bits per heavy atom. The van der Waals surface area contributed by atoms with Gasteiger partial charge in [-0.3, -0.25) is 4.79 Å². The fourth-order valence-electron chi connectivity index (χ4n) is 1.93. The van der Waals surface area contributed by atoms with Crippen molar-refractivity contribution in [3.63, 3.8) is 0 Å². The lowest BCUT2D eigenvalue weighted by Gasteiger charge is -2.00. The number of hydrogen-bond acceptors (Lipinski definition) is 7. The Balaban J connectivity index is 1.59. The first-order chi connectivity index (χ1) is 11.8. The summed E-state index contributed by atoms with van der Waals surface area (Å²) in [6, 6.07) is 3.69. The first-order valence-electron chi connectivity index (χ1n) is 6.99. The molecule has 0 atom stereocenters. The van der Waals surface area contributed by atoms with E-state index in [0.717, 1.165) is 4.88 Å². The molecule has 7 nitrogen and oxygen atoms in total. The van der Waals surface area contributed by atoms with Crippen molar-refractivity contribution < 1.29 is 26.9 Å². The molecule has 3 rings (SSSR count). The SMILES string of the molecule is Cc1oc(-c2cccs2)nc1CC(=O)NCc1noc(C(F)(F)F)n1. The van der Waals surface area contributed by atoms with Gasteiger partial charge in [-0.25, -0.2) is 4.98 Å². The van der Waals surface area contributed by atoms with Crippen molar-refractivity contribution in [1.82, 2.24) is 20.4 Å². The molecule has 3 aromatic heterocycles. The highest BCUT2D eigenvalue weighted by Gasteiger charge is 2.38. The largest absolute Gasteiger partial charge is 0.471 e. The number of hydrogen-bond donors (Lipinski definition) is 1. The molecular formula is C14H11F3N4O3S. The fraction of sp³-hybridized carbons (Fsp3) is 0.286. The summed E-state index contributed by atoms with van der Waals surface area (Å²) in [4.78, 5) is 20.2.